The Labute approximate surface area is 102 Å². The number of rotatable bonds is 4. The molecular weight excluding hydrogens is 212 g/mol. The molecule has 17 heavy (non-hydrogen) atoms. The maximum Gasteiger partial charge on any atom is 0.161 e. The van der Waals surface area contributed by atoms with Crippen LogP contribution in [0.1, 0.15) is 37.9 Å². The third-order valence-electron chi connectivity index (χ3n) is 3.01. The molecule has 0 fully saturated rings. The summed E-state index contributed by atoms with van der Waals surface area (Å²) < 4.78 is 5.75. The molecule has 1 atom stereocenters. The number of allylic oxidation sites excluding steroid dienone is 1. The zero-order chi connectivity index (χ0) is 12.1. The fourth-order valence-electron chi connectivity index (χ4n) is 2.19. The Balaban J connectivity index is 2.29. The lowest BCUT2D eigenvalue weighted by Gasteiger charge is -2.22. The Hall–Kier alpha value is -1.41. The van der Waals surface area contributed by atoms with E-state index >= 15 is 0 Å². The predicted octanol–water partition coefficient (Wildman–Crippen LogP) is 3.44. The molecule has 0 amide bonds. The van der Waals surface area contributed by atoms with Crippen molar-refractivity contribution in [1.82, 2.24) is 0 Å². The fourth-order valence-corrected chi connectivity index (χ4v) is 2.19. The third kappa shape index (κ3) is 2.83. The normalized spacial score (nSPS) is 17.7. The molecule has 0 radical (unpaired) electrons. The van der Waals surface area contributed by atoms with Crippen LogP contribution >= 0.6 is 0 Å². The SMILES string of the molecule is CCOC(C1=CCCCC1=O)c1ccccc1. The molecule has 0 bridgehead atoms. The number of Topliss-reactive ketones (excluding diaryl/α,β-unsaturated/α-hetero) is 1. The van der Waals surface area contributed by atoms with Crippen molar-refractivity contribution in [3.63, 3.8) is 0 Å². The van der Waals surface area contributed by atoms with Gasteiger partial charge in [-0.3, -0.25) is 4.79 Å². The van der Waals surface area contributed by atoms with E-state index in [2.05, 4.69) is 0 Å². The molecule has 1 aromatic carbocycles. The highest BCUT2D eigenvalue weighted by Crippen LogP contribution is 2.30. The maximum atomic E-state index is 11.9. The van der Waals surface area contributed by atoms with E-state index in [-0.39, 0.29) is 11.9 Å². The van der Waals surface area contributed by atoms with Crippen molar-refractivity contribution in [1.29, 1.82) is 0 Å². The lowest BCUT2D eigenvalue weighted by atomic mass is 9.90. The summed E-state index contributed by atoms with van der Waals surface area (Å²) in [7, 11) is 0. The van der Waals surface area contributed by atoms with E-state index in [4.69, 9.17) is 4.74 Å². The monoisotopic (exact) mass is 230 g/mol. The first-order valence-electron chi connectivity index (χ1n) is 6.22. The molecule has 1 aliphatic carbocycles. The summed E-state index contributed by atoms with van der Waals surface area (Å²) >= 11 is 0. The van der Waals surface area contributed by atoms with Crippen molar-refractivity contribution in [3.8, 4) is 0 Å². The summed E-state index contributed by atoms with van der Waals surface area (Å²) in [5.74, 6) is 0.235. The Morgan fingerprint density at radius 3 is 2.71 bits per heavy atom. The number of carbonyl (C=O) groups excluding carboxylic acids is 1. The van der Waals surface area contributed by atoms with Gasteiger partial charge in [0.15, 0.2) is 5.78 Å². The zero-order valence-corrected chi connectivity index (χ0v) is 10.2. The van der Waals surface area contributed by atoms with Crippen LogP contribution < -0.4 is 0 Å². The van der Waals surface area contributed by atoms with Crippen LogP contribution in [0, 0.1) is 0 Å². The van der Waals surface area contributed by atoms with Crippen LogP contribution in [0.4, 0.5) is 0 Å². The molecule has 2 heteroatoms. The number of hydrogen-bond acceptors (Lipinski definition) is 2. The largest absolute Gasteiger partial charge is 0.369 e. The van der Waals surface area contributed by atoms with Crippen LogP contribution in [0.5, 0.6) is 0 Å². The topological polar surface area (TPSA) is 26.3 Å². The zero-order valence-electron chi connectivity index (χ0n) is 10.2. The lowest BCUT2D eigenvalue weighted by Crippen LogP contribution is -2.17. The number of ketones is 1. The summed E-state index contributed by atoms with van der Waals surface area (Å²) in [6, 6.07) is 9.97. The second kappa shape index (κ2) is 5.78. The average molecular weight is 230 g/mol. The highest BCUT2D eigenvalue weighted by atomic mass is 16.5. The molecular formula is C15H18O2. The van der Waals surface area contributed by atoms with Crippen LogP contribution in [0.15, 0.2) is 42.0 Å². The van der Waals surface area contributed by atoms with E-state index in [0.29, 0.717) is 13.0 Å². The third-order valence-corrected chi connectivity index (χ3v) is 3.01. The molecule has 2 nitrogen and oxygen atoms in total. The van der Waals surface area contributed by atoms with Crippen LogP contribution in [-0.4, -0.2) is 12.4 Å². The summed E-state index contributed by atoms with van der Waals surface area (Å²) in [6.07, 6.45) is 4.46. The predicted molar refractivity (Wildman–Crippen MR) is 67.8 cm³/mol. The van der Waals surface area contributed by atoms with E-state index in [1.54, 1.807) is 0 Å². The molecule has 1 aliphatic rings. The van der Waals surface area contributed by atoms with Gasteiger partial charge in [0.25, 0.3) is 0 Å². The highest BCUT2D eigenvalue weighted by Gasteiger charge is 2.24. The minimum Gasteiger partial charge on any atom is -0.369 e. The molecule has 2 rings (SSSR count). The fraction of sp³-hybridized carbons (Fsp3) is 0.400. The van der Waals surface area contributed by atoms with E-state index in [1.165, 1.54) is 0 Å². The number of carbonyl (C=O) groups is 1. The maximum absolute atomic E-state index is 11.9. The second-order valence-electron chi connectivity index (χ2n) is 4.22. The first kappa shape index (κ1) is 12.1. The summed E-state index contributed by atoms with van der Waals surface area (Å²) in [4.78, 5) is 11.9. The molecule has 0 aliphatic heterocycles. The Morgan fingerprint density at radius 2 is 2.06 bits per heavy atom. The van der Waals surface area contributed by atoms with Crippen molar-refractivity contribution in [2.45, 2.75) is 32.3 Å². The molecule has 0 saturated heterocycles. The van der Waals surface area contributed by atoms with Gasteiger partial charge in [-0.25, -0.2) is 0 Å². The van der Waals surface area contributed by atoms with E-state index in [1.807, 2.05) is 43.3 Å². The Bertz CT molecular complexity index is 406. The Kier molecular flexibility index (Phi) is 4.10. The van der Waals surface area contributed by atoms with Gasteiger partial charge in [-0.05, 0) is 25.3 Å². The summed E-state index contributed by atoms with van der Waals surface area (Å²) in [6.45, 7) is 2.58. The minimum absolute atomic E-state index is 0.186. The van der Waals surface area contributed by atoms with Gasteiger partial charge in [0, 0.05) is 18.6 Å². The Morgan fingerprint density at radius 1 is 1.29 bits per heavy atom. The molecule has 0 heterocycles. The second-order valence-corrected chi connectivity index (χ2v) is 4.22. The van der Waals surface area contributed by atoms with Gasteiger partial charge in [0.2, 0.25) is 0 Å². The molecule has 1 aromatic rings. The van der Waals surface area contributed by atoms with Crippen molar-refractivity contribution >= 4 is 5.78 Å². The molecule has 0 spiro atoms. The number of benzene rings is 1. The smallest absolute Gasteiger partial charge is 0.161 e. The van der Waals surface area contributed by atoms with E-state index in [0.717, 1.165) is 24.0 Å². The molecule has 0 aromatic heterocycles. The summed E-state index contributed by atoms with van der Waals surface area (Å²) in [5.41, 5.74) is 1.90. The van der Waals surface area contributed by atoms with E-state index in [9.17, 15) is 4.79 Å². The van der Waals surface area contributed by atoms with Gasteiger partial charge >= 0.3 is 0 Å². The lowest BCUT2D eigenvalue weighted by molar-refractivity contribution is -0.117. The van der Waals surface area contributed by atoms with Crippen molar-refractivity contribution in [2.75, 3.05) is 6.61 Å². The van der Waals surface area contributed by atoms with Crippen molar-refractivity contribution in [2.24, 2.45) is 0 Å². The number of hydrogen-bond donors (Lipinski definition) is 0. The van der Waals surface area contributed by atoms with Gasteiger partial charge in [-0.15, -0.1) is 0 Å². The number of ether oxygens (including phenoxy) is 1. The van der Waals surface area contributed by atoms with E-state index < -0.39 is 0 Å². The van der Waals surface area contributed by atoms with Gasteiger partial charge in [-0.2, -0.15) is 0 Å². The van der Waals surface area contributed by atoms with Crippen molar-refractivity contribution in [3.05, 3.63) is 47.5 Å². The van der Waals surface area contributed by atoms with Crippen LogP contribution in [0.25, 0.3) is 0 Å². The highest BCUT2D eigenvalue weighted by molar-refractivity contribution is 5.97. The first-order valence-corrected chi connectivity index (χ1v) is 6.22. The van der Waals surface area contributed by atoms with Gasteiger partial charge < -0.3 is 4.74 Å². The van der Waals surface area contributed by atoms with Gasteiger partial charge in [0.05, 0.1) is 0 Å². The molecule has 90 valence electrons. The standard InChI is InChI=1S/C15H18O2/c1-2-17-15(12-8-4-3-5-9-12)13-10-6-7-11-14(13)16/h3-5,8-10,15H,2,6-7,11H2,1H3. The molecule has 1 unspecified atom stereocenters. The quantitative estimate of drug-likeness (QED) is 0.792. The van der Waals surface area contributed by atoms with Crippen LogP contribution in [0.2, 0.25) is 0 Å². The van der Waals surface area contributed by atoms with Gasteiger partial charge in [0.1, 0.15) is 6.10 Å². The molecule has 0 N–H and O–H groups in total. The minimum atomic E-state index is -0.186. The van der Waals surface area contributed by atoms with Crippen LogP contribution in [-0.2, 0) is 9.53 Å². The van der Waals surface area contributed by atoms with Crippen LogP contribution in [0.3, 0.4) is 0 Å². The van der Waals surface area contributed by atoms with Gasteiger partial charge in [-0.1, -0.05) is 36.4 Å². The molecule has 0 saturated carbocycles. The summed E-state index contributed by atoms with van der Waals surface area (Å²) in [5, 5.41) is 0. The first-order chi connectivity index (χ1) is 8.33. The average Bonchev–Trinajstić information content (AvgIpc) is 2.38. The van der Waals surface area contributed by atoms with Crippen molar-refractivity contribution < 1.29 is 9.53 Å².